The Hall–Kier alpha value is -1.24. The lowest BCUT2D eigenvalue weighted by Gasteiger charge is -2.40. The van der Waals surface area contributed by atoms with E-state index >= 15 is 0 Å². The van der Waals surface area contributed by atoms with Crippen LogP contribution in [0.2, 0.25) is 0 Å². The molecule has 2 rings (SSSR count). The molecule has 2 aliphatic rings. The molecule has 7 heteroatoms. The molecule has 0 aliphatic carbocycles. The zero-order valence-electron chi connectivity index (χ0n) is 11.8. The number of hydrogen-bond donors (Lipinski definition) is 0. The van der Waals surface area contributed by atoms with Gasteiger partial charge in [0.2, 0.25) is 5.78 Å². The number of nitrogens with zero attached hydrogens (tertiary/aromatic N) is 1. The molecule has 5 nitrogen and oxygen atoms in total. The zero-order chi connectivity index (χ0) is 15.1. The number of hydrogen-bond acceptors (Lipinski definition) is 4. The Morgan fingerprint density at radius 3 is 2.55 bits per heavy atom. The molecular weight excluding hydrogens is 272 g/mol. The second-order valence-electron chi connectivity index (χ2n) is 6.27. The van der Waals surface area contributed by atoms with Gasteiger partial charge >= 0.3 is 12.0 Å². The number of carbonyl (C=O) groups is 2. The number of alkyl halides is 2. The first kappa shape index (κ1) is 15.2. The summed E-state index contributed by atoms with van der Waals surface area (Å²) < 4.78 is 37.9. The van der Waals surface area contributed by atoms with Crippen LogP contribution in [0.5, 0.6) is 0 Å². The van der Waals surface area contributed by atoms with E-state index in [4.69, 9.17) is 9.47 Å². The molecule has 0 aromatic carbocycles. The normalized spacial score (nSPS) is 29.9. The Bertz CT molecular complexity index is 419. The van der Waals surface area contributed by atoms with Crippen LogP contribution in [0.3, 0.4) is 0 Å². The summed E-state index contributed by atoms with van der Waals surface area (Å²) in [5.74, 6) is -4.54. The maximum atomic E-state index is 13.7. The molecule has 0 radical (unpaired) electrons. The third-order valence-electron chi connectivity index (χ3n) is 3.33. The molecule has 2 fully saturated rings. The molecule has 2 heterocycles. The molecule has 2 aliphatic heterocycles. The van der Waals surface area contributed by atoms with E-state index in [2.05, 4.69) is 0 Å². The SMILES string of the molecule is CC(C)(C)OC(=O)N1C2COCC1CC(F)(F)C(=O)C2. The fourth-order valence-electron chi connectivity index (χ4n) is 2.50. The molecular formula is C13H19F2NO4. The molecule has 2 atom stereocenters. The van der Waals surface area contributed by atoms with E-state index < -0.39 is 48.3 Å². The molecule has 0 spiro atoms. The molecule has 0 saturated carbocycles. The minimum absolute atomic E-state index is 0.00138. The first-order chi connectivity index (χ1) is 9.10. The Morgan fingerprint density at radius 1 is 1.35 bits per heavy atom. The van der Waals surface area contributed by atoms with Crippen LogP contribution >= 0.6 is 0 Å². The molecule has 1 amide bonds. The van der Waals surface area contributed by atoms with Gasteiger partial charge in [0.05, 0.1) is 25.3 Å². The summed E-state index contributed by atoms with van der Waals surface area (Å²) in [5, 5.41) is 0. The van der Waals surface area contributed by atoms with Crippen LogP contribution in [0.15, 0.2) is 0 Å². The smallest absolute Gasteiger partial charge is 0.410 e. The van der Waals surface area contributed by atoms with Crippen LogP contribution < -0.4 is 0 Å². The minimum atomic E-state index is -3.41. The van der Waals surface area contributed by atoms with Gasteiger partial charge in [-0.1, -0.05) is 0 Å². The molecule has 2 unspecified atom stereocenters. The van der Waals surface area contributed by atoms with Gasteiger partial charge < -0.3 is 9.47 Å². The first-order valence-corrected chi connectivity index (χ1v) is 6.60. The number of fused-ring (bicyclic) bond motifs is 2. The van der Waals surface area contributed by atoms with E-state index in [9.17, 15) is 18.4 Å². The van der Waals surface area contributed by atoms with E-state index in [1.807, 2.05) is 0 Å². The predicted molar refractivity (Wildman–Crippen MR) is 65.7 cm³/mol. The van der Waals surface area contributed by atoms with Crippen LogP contribution in [0.25, 0.3) is 0 Å². The third kappa shape index (κ3) is 3.08. The first-order valence-electron chi connectivity index (χ1n) is 6.60. The average molecular weight is 291 g/mol. The number of rotatable bonds is 0. The fourth-order valence-corrected chi connectivity index (χ4v) is 2.50. The summed E-state index contributed by atoms with van der Waals surface area (Å²) in [6.07, 6.45) is -1.77. The molecule has 114 valence electrons. The van der Waals surface area contributed by atoms with Gasteiger partial charge in [0.1, 0.15) is 5.60 Å². The Morgan fingerprint density at radius 2 is 1.95 bits per heavy atom. The van der Waals surface area contributed by atoms with Gasteiger partial charge in [0.25, 0.3) is 0 Å². The highest BCUT2D eigenvalue weighted by Gasteiger charge is 2.51. The van der Waals surface area contributed by atoms with Crippen LogP contribution in [-0.4, -0.2) is 53.6 Å². The van der Waals surface area contributed by atoms with Crippen molar-refractivity contribution in [2.45, 2.75) is 57.2 Å². The average Bonchev–Trinajstić information content (AvgIpc) is 2.29. The highest BCUT2D eigenvalue weighted by molar-refractivity contribution is 5.87. The largest absolute Gasteiger partial charge is 0.444 e. The summed E-state index contributed by atoms with van der Waals surface area (Å²) in [6.45, 7) is 5.19. The van der Waals surface area contributed by atoms with E-state index in [-0.39, 0.29) is 13.2 Å². The fraction of sp³-hybridized carbons (Fsp3) is 0.846. The van der Waals surface area contributed by atoms with E-state index in [1.165, 1.54) is 4.90 Å². The predicted octanol–water partition coefficient (Wildman–Crippen LogP) is 1.99. The van der Waals surface area contributed by atoms with Gasteiger partial charge in [0.15, 0.2) is 0 Å². The van der Waals surface area contributed by atoms with Crippen molar-refractivity contribution in [3.8, 4) is 0 Å². The molecule has 0 aromatic rings. The maximum absolute atomic E-state index is 13.7. The van der Waals surface area contributed by atoms with Crippen molar-refractivity contribution in [3.63, 3.8) is 0 Å². The monoisotopic (exact) mass is 291 g/mol. The van der Waals surface area contributed by atoms with E-state index in [1.54, 1.807) is 20.8 Å². The van der Waals surface area contributed by atoms with Gasteiger partial charge in [-0.05, 0) is 20.8 Å². The second-order valence-corrected chi connectivity index (χ2v) is 6.27. The summed E-state index contributed by atoms with van der Waals surface area (Å²) in [7, 11) is 0. The van der Waals surface area contributed by atoms with Gasteiger partial charge in [-0.15, -0.1) is 0 Å². The van der Waals surface area contributed by atoms with Crippen LogP contribution in [-0.2, 0) is 14.3 Å². The Kier molecular flexibility index (Phi) is 3.75. The Balaban J connectivity index is 2.24. The number of ether oxygens (including phenoxy) is 2. The lowest BCUT2D eigenvalue weighted by molar-refractivity contribution is -0.143. The summed E-state index contributed by atoms with van der Waals surface area (Å²) in [6, 6.07) is -1.51. The van der Waals surface area contributed by atoms with Crippen LogP contribution in [0.4, 0.5) is 13.6 Å². The summed E-state index contributed by atoms with van der Waals surface area (Å²) in [5.41, 5.74) is -0.717. The number of Topliss-reactive ketones (excluding diaryl/α,β-unsaturated/α-hetero) is 1. The highest BCUT2D eigenvalue weighted by atomic mass is 19.3. The minimum Gasteiger partial charge on any atom is -0.444 e. The molecule has 20 heavy (non-hydrogen) atoms. The number of halogens is 2. The second kappa shape index (κ2) is 4.95. The van der Waals surface area contributed by atoms with Gasteiger partial charge in [-0.3, -0.25) is 9.69 Å². The van der Waals surface area contributed by atoms with Crippen molar-refractivity contribution in [1.29, 1.82) is 0 Å². The van der Waals surface area contributed by atoms with Crippen LogP contribution in [0.1, 0.15) is 33.6 Å². The van der Waals surface area contributed by atoms with Crippen molar-refractivity contribution in [2.75, 3.05) is 13.2 Å². The molecule has 0 N–H and O–H groups in total. The third-order valence-corrected chi connectivity index (χ3v) is 3.33. The molecule has 0 aromatic heterocycles. The lowest BCUT2D eigenvalue weighted by atomic mass is 10.1. The van der Waals surface area contributed by atoms with Crippen LogP contribution in [0, 0.1) is 0 Å². The standard InChI is InChI=1S/C13H19F2NO4/c1-12(2,3)20-11(18)16-8-4-10(17)13(14,15)5-9(16)7-19-6-8/h8-9H,4-7H2,1-3H3. The topological polar surface area (TPSA) is 55.8 Å². The van der Waals surface area contributed by atoms with Crippen molar-refractivity contribution in [2.24, 2.45) is 0 Å². The highest BCUT2D eigenvalue weighted by Crippen LogP contribution is 2.34. The lowest BCUT2D eigenvalue weighted by Crippen LogP contribution is -2.55. The maximum Gasteiger partial charge on any atom is 0.410 e. The number of amides is 1. The quantitative estimate of drug-likeness (QED) is 0.685. The van der Waals surface area contributed by atoms with E-state index in [0.717, 1.165) is 0 Å². The van der Waals surface area contributed by atoms with Gasteiger partial charge in [-0.2, -0.15) is 8.78 Å². The van der Waals surface area contributed by atoms with Crippen molar-refractivity contribution in [3.05, 3.63) is 0 Å². The number of carbonyl (C=O) groups excluding carboxylic acids is 2. The molecule has 2 bridgehead atoms. The van der Waals surface area contributed by atoms with Crippen molar-refractivity contribution in [1.82, 2.24) is 4.90 Å². The summed E-state index contributed by atoms with van der Waals surface area (Å²) >= 11 is 0. The van der Waals surface area contributed by atoms with Gasteiger partial charge in [-0.25, -0.2) is 4.79 Å². The number of morpholine rings is 1. The zero-order valence-corrected chi connectivity index (χ0v) is 11.8. The van der Waals surface area contributed by atoms with Crippen molar-refractivity contribution >= 4 is 11.9 Å². The van der Waals surface area contributed by atoms with E-state index in [0.29, 0.717) is 0 Å². The molecule has 2 saturated heterocycles. The van der Waals surface area contributed by atoms with Gasteiger partial charge in [0, 0.05) is 12.8 Å². The van der Waals surface area contributed by atoms with Crippen molar-refractivity contribution < 1.29 is 27.8 Å². The summed E-state index contributed by atoms with van der Waals surface area (Å²) in [4.78, 5) is 25.0. The number of ketones is 1. The Labute approximate surface area is 116 Å².